The van der Waals surface area contributed by atoms with Crippen LogP contribution in [0.1, 0.15) is 22.8 Å². The Hall–Kier alpha value is -2.82. The summed E-state index contributed by atoms with van der Waals surface area (Å²) in [6.07, 6.45) is -0.768. The maximum Gasteiger partial charge on any atom is 0.402 e. The van der Waals surface area contributed by atoms with E-state index in [1.165, 1.54) is 7.11 Å². The third-order valence-electron chi connectivity index (χ3n) is 3.67. The predicted molar refractivity (Wildman–Crippen MR) is 114 cm³/mol. The maximum atomic E-state index is 12.3. The van der Waals surface area contributed by atoms with Crippen molar-refractivity contribution in [2.45, 2.75) is 18.2 Å². The number of hydrogen-bond donors (Lipinski definition) is 4. The first-order chi connectivity index (χ1) is 14.1. The molecule has 2 rings (SSSR count). The van der Waals surface area contributed by atoms with Gasteiger partial charge in [-0.3, -0.25) is 4.79 Å². The van der Waals surface area contributed by atoms with E-state index in [1.807, 2.05) is 0 Å². The minimum Gasteiger partial charge on any atom is -0.496 e. The van der Waals surface area contributed by atoms with E-state index in [2.05, 4.69) is 15.8 Å². The molecule has 0 aliphatic rings. The number of ether oxygens (including phenoxy) is 1. The summed E-state index contributed by atoms with van der Waals surface area (Å²) in [5, 5.41) is 10.5. The van der Waals surface area contributed by atoms with E-state index in [9.17, 15) is 13.2 Å². The van der Waals surface area contributed by atoms with Crippen molar-refractivity contribution in [1.29, 1.82) is 0 Å². The Bertz CT molecular complexity index is 961. The number of methoxy groups -OCH3 is 1. The molecule has 2 aromatic carbocycles. The number of rotatable bonds is 8. The fourth-order valence-electron chi connectivity index (χ4n) is 2.38. The highest BCUT2D eigenvalue weighted by atomic mass is 35.5. The number of primary amides is 1. The van der Waals surface area contributed by atoms with Crippen molar-refractivity contribution in [3.05, 3.63) is 58.6 Å². The SMILES string of the molecule is CCNS(=O)(=O)c1ccc(CCNC(=O)c2cc(Cl)ccc2OC)cc1.NC(=O)O. The Kier molecular flexibility index (Phi) is 10.1. The highest BCUT2D eigenvalue weighted by molar-refractivity contribution is 7.89. The van der Waals surface area contributed by atoms with Crippen LogP contribution in [-0.2, 0) is 16.4 Å². The van der Waals surface area contributed by atoms with Gasteiger partial charge >= 0.3 is 6.09 Å². The lowest BCUT2D eigenvalue weighted by Gasteiger charge is -2.10. The second-order valence-electron chi connectivity index (χ2n) is 5.83. The molecule has 0 bridgehead atoms. The van der Waals surface area contributed by atoms with Crippen LogP contribution in [0, 0.1) is 0 Å². The summed E-state index contributed by atoms with van der Waals surface area (Å²) < 4.78 is 31.4. The van der Waals surface area contributed by atoms with Crippen LogP contribution in [0.15, 0.2) is 47.4 Å². The Morgan fingerprint density at radius 2 is 1.77 bits per heavy atom. The second kappa shape index (κ2) is 12.0. The zero-order valence-electron chi connectivity index (χ0n) is 16.5. The first-order valence-electron chi connectivity index (χ1n) is 8.79. The van der Waals surface area contributed by atoms with Crippen LogP contribution >= 0.6 is 11.6 Å². The first kappa shape index (κ1) is 25.2. The average molecular weight is 458 g/mol. The number of carboxylic acid groups (broad SMARTS) is 1. The van der Waals surface area contributed by atoms with Crippen molar-refractivity contribution in [1.82, 2.24) is 10.0 Å². The minimum atomic E-state index is -3.45. The zero-order chi connectivity index (χ0) is 22.7. The zero-order valence-corrected chi connectivity index (χ0v) is 18.1. The lowest BCUT2D eigenvalue weighted by atomic mass is 10.1. The third-order valence-corrected chi connectivity index (χ3v) is 5.47. The van der Waals surface area contributed by atoms with Crippen LogP contribution in [0.5, 0.6) is 5.75 Å². The summed E-state index contributed by atoms with van der Waals surface area (Å²) in [5.41, 5.74) is 5.31. The molecule has 0 aromatic heterocycles. The number of nitrogens with two attached hydrogens (primary N) is 1. The topological polar surface area (TPSA) is 148 Å². The van der Waals surface area contributed by atoms with Gasteiger partial charge in [-0.25, -0.2) is 17.9 Å². The van der Waals surface area contributed by atoms with Crippen LogP contribution in [-0.4, -0.2) is 45.7 Å². The van der Waals surface area contributed by atoms with Crippen LogP contribution in [0.25, 0.3) is 0 Å². The number of nitrogens with one attached hydrogen (secondary N) is 2. The normalized spacial score (nSPS) is 10.5. The molecular weight excluding hydrogens is 434 g/mol. The maximum absolute atomic E-state index is 12.3. The van der Waals surface area contributed by atoms with Crippen LogP contribution in [0.3, 0.4) is 0 Å². The predicted octanol–water partition coefficient (Wildman–Crippen LogP) is 2.24. The van der Waals surface area contributed by atoms with Crippen molar-refractivity contribution >= 4 is 33.6 Å². The lowest BCUT2D eigenvalue weighted by Crippen LogP contribution is -2.26. The Balaban J connectivity index is 0.00000103. The highest BCUT2D eigenvalue weighted by Gasteiger charge is 2.13. The van der Waals surface area contributed by atoms with E-state index in [0.29, 0.717) is 35.8 Å². The number of benzene rings is 2. The van der Waals surface area contributed by atoms with Gasteiger partial charge in [0.25, 0.3) is 5.91 Å². The van der Waals surface area contributed by atoms with Gasteiger partial charge in [-0.1, -0.05) is 30.7 Å². The molecule has 0 aliphatic carbocycles. The number of hydrogen-bond acceptors (Lipinski definition) is 5. The Morgan fingerprint density at radius 1 is 1.17 bits per heavy atom. The standard InChI is InChI=1S/C18H21ClN2O4S.CH3NO2/c1-3-21-26(23,24)15-7-4-13(5-8-15)10-11-20-18(22)16-12-14(19)6-9-17(16)25-2;2-1(3)4/h4-9,12,21H,3,10-11H2,1-2H3,(H,20,22);2H2,(H,3,4). The molecule has 5 N–H and O–H groups in total. The molecule has 0 spiro atoms. The van der Waals surface area contributed by atoms with Gasteiger partial charge < -0.3 is 20.9 Å². The van der Waals surface area contributed by atoms with Gasteiger partial charge in [0.1, 0.15) is 5.75 Å². The van der Waals surface area contributed by atoms with Gasteiger partial charge in [0.2, 0.25) is 10.0 Å². The van der Waals surface area contributed by atoms with Crippen molar-refractivity contribution in [2.75, 3.05) is 20.2 Å². The number of amides is 2. The van der Waals surface area contributed by atoms with Gasteiger partial charge in [-0.05, 0) is 42.3 Å². The molecule has 164 valence electrons. The van der Waals surface area contributed by atoms with E-state index in [1.54, 1.807) is 49.4 Å². The molecule has 2 aromatic rings. The largest absolute Gasteiger partial charge is 0.496 e. The van der Waals surface area contributed by atoms with Crippen LogP contribution < -0.4 is 20.5 Å². The summed E-state index contributed by atoms with van der Waals surface area (Å²) in [5.74, 6) is 0.167. The minimum absolute atomic E-state index is 0.218. The van der Waals surface area contributed by atoms with Crippen LogP contribution in [0.4, 0.5) is 4.79 Å². The van der Waals surface area contributed by atoms with E-state index in [4.69, 9.17) is 26.2 Å². The number of halogens is 1. The molecule has 0 aliphatic heterocycles. The summed E-state index contributed by atoms with van der Waals surface area (Å²) >= 11 is 5.93. The first-order valence-corrected chi connectivity index (χ1v) is 10.7. The molecule has 0 saturated carbocycles. The van der Waals surface area contributed by atoms with E-state index < -0.39 is 16.1 Å². The quantitative estimate of drug-likeness (QED) is 0.477. The van der Waals surface area contributed by atoms with Crippen molar-refractivity contribution in [2.24, 2.45) is 5.73 Å². The lowest BCUT2D eigenvalue weighted by molar-refractivity contribution is 0.0951. The molecule has 0 unspecified atom stereocenters. The molecule has 30 heavy (non-hydrogen) atoms. The molecule has 0 fully saturated rings. The number of sulfonamides is 1. The molecule has 11 heteroatoms. The highest BCUT2D eigenvalue weighted by Crippen LogP contribution is 2.22. The molecule has 0 heterocycles. The summed E-state index contributed by atoms with van der Waals surface area (Å²) in [7, 11) is -1.97. The number of carbonyl (C=O) groups is 2. The Morgan fingerprint density at radius 3 is 2.30 bits per heavy atom. The van der Waals surface area contributed by atoms with E-state index in [-0.39, 0.29) is 10.8 Å². The van der Waals surface area contributed by atoms with Crippen molar-refractivity contribution < 1.29 is 27.9 Å². The molecule has 9 nitrogen and oxygen atoms in total. The summed E-state index contributed by atoms with van der Waals surface area (Å²) in [6, 6.07) is 11.4. The van der Waals surface area contributed by atoms with E-state index >= 15 is 0 Å². The fraction of sp³-hybridized carbons (Fsp3) is 0.263. The molecule has 2 amide bonds. The molecule has 0 saturated heterocycles. The fourth-order valence-corrected chi connectivity index (χ4v) is 3.60. The van der Waals surface area contributed by atoms with Crippen molar-refractivity contribution in [3.8, 4) is 5.75 Å². The van der Waals surface area contributed by atoms with Gasteiger partial charge in [-0.2, -0.15) is 0 Å². The average Bonchev–Trinajstić information content (AvgIpc) is 2.68. The summed E-state index contributed by atoms with van der Waals surface area (Å²) in [4.78, 5) is 21.3. The van der Waals surface area contributed by atoms with Gasteiger partial charge in [-0.15, -0.1) is 0 Å². The van der Waals surface area contributed by atoms with E-state index in [0.717, 1.165) is 5.56 Å². The van der Waals surface area contributed by atoms with Gasteiger partial charge in [0.05, 0.1) is 17.6 Å². The molecular formula is C19H24ClN3O6S. The van der Waals surface area contributed by atoms with Gasteiger partial charge in [0, 0.05) is 18.1 Å². The third kappa shape index (κ3) is 8.27. The monoisotopic (exact) mass is 457 g/mol. The number of carbonyl (C=O) groups excluding carboxylic acids is 1. The molecule has 0 radical (unpaired) electrons. The van der Waals surface area contributed by atoms with Crippen molar-refractivity contribution in [3.63, 3.8) is 0 Å². The second-order valence-corrected chi connectivity index (χ2v) is 8.04. The smallest absolute Gasteiger partial charge is 0.402 e. The Labute approximate surface area is 180 Å². The molecule has 0 atom stereocenters. The van der Waals surface area contributed by atoms with Crippen LogP contribution in [0.2, 0.25) is 5.02 Å². The van der Waals surface area contributed by atoms with Gasteiger partial charge in [0.15, 0.2) is 0 Å². The summed E-state index contributed by atoms with van der Waals surface area (Å²) in [6.45, 7) is 2.46.